The second-order valence-corrected chi connectivity index (χ2v) is 10.4. The molecule has 0 saturated heterocycles. The van der Waals surface area contributed by atoms with Crippen molar-refractivity contribution in [3.63, 3.8) is 0 Å². The van der Waals surface area contributed by atoms with Crippen LogP contribution in [0.2, 0.25) is 0 Å². The molecule has 0 unspecified atom stereocenters. The summed E-state index contributed by atoms with van der Waals surface area (Å²) >= 11 is 1.66. The molecule has 2 aromatic carbocycles. The Labute approximate surface area is 223 Å². The first-order chi connectivity index (χ1) is 17.8. The number of allylic oxidation sites excluding steroid dienone is 3. The van der Waals surface area contributed by atoms with E-state index in [0.717, 1.165) is 33.8 Å². The number of carbonyl (C=O) groups is 2. The number of ketones is 1. The number of esters is 1. The van der Waals surface area contributed by atoms with E-state index in [1.165, 1.54) is 0 Å². The molecule has 6 nitrogen and oxygen atoms in total. The molecular weight excluding hydrogens is 486 g/mol. The Balaban J connectivity index is 1.76. The van der Waals surface area contributed by atoms with E-state index in [1.807, 2.05) is 69.5 Å². The summed E-state index contributed by atoms with van der Waals surface area (Å²) < 4.78 is 16.6. The number of benzene rings is 2. The lowest BCUT2D eigenvalue weighted by Crippen LogP contribution is -2.36. The van der Waals surface area contributed by atoms with Gasteiger partial charge in [-0.1, -0.05) is 25.1 Å². The van der Waals surface area contributed by atoms with E-state index in [1.54, 1.807) is 26.0 Å². The first-order valence-electron chi connectivity index (χ1n) is 12.6. The molecule has 1 aliphatic heterocycles. The van der Waals surface area contributed by atoms with Gasteiger partial charge in [-0.05, 0) is 74.3 Å². The molecule has 3 atom stereocenters. The van der Waals surface area contributed by atoms with Crippen molar-refractivity contribution in [2.45, 2.75) is 62.9 Å². The van der Waals surface area contributed by atoms with Gasteiger partial charge in [0.2, 0.25) is 0 Å². The largest absolute Gasteiger partial charge is 0.493 e. The van der Waals surface area contributed by atoms with Gasteiger partial charge in [-0.25, -0.2) is 4.79 Å². The number of hydrogen-bond acceptors (Lipinski definition) is 7. The van der Waals surface area contributed by atoms with Crippen LogP contribution in [0.3, 0.4) is 0 Å². The summed E-state index contributed by atoms with van der Waals surface area (Å²) in [4.78, 5) is 28.3. The lowest BCUT2D eigenvalue weighted by molar-refractivity contribution is -0.144. The number of hydrogen-bond donors (Lipinski definition) is 1. The minimum atomic E-state index is -0.470. The van der Waals surface area contributed by atoms with Crippen LogP contribution in [-0.2, 0) is 14.3 Å². The molecule has 1 heterocycles. The molecule has 7 heteroatoms. The monoisotopic (exact) mass is 521 g/mol. The van der Waals surface area contributed by atoms with E-state index < -0.39 is 5.92 Å². The molecule has 2 aromatic rings. The predicted octanol–water partition coefficient (Wildman–Crippen LogP) is 6.13. The molecule has 1 aliphatic carbocycles. The number of thioether (sulfide) groups is 1. The Kier molecular flexibility index (Phi) is 8.32. The number of rotatable bonds is 8. The molecular formula is C30H35NO5S. The zero-order valence-corrected chi connectivity index (χ0v) is 23.2. The van der Waals surface area contributed by atoms with Gasteiger partial charge in [-0.15, -0.1) is 11.8 Å². The predicted molar refractivity (Wildman–Crippen MR) is 146 cm³/mol. The first kappa shape index (κ1) is 26.9. The fourth-order valence-corrected chi connectivity index (χ4v) is 5.52. The first-order valence-corrected chi connectivity index (χ1v) is 13.8. The van der Waals surface area contributed by atoms with Gasteiger partial charge in [-0.3, -0.25) is 4.79 Å². The van der Waals surface area contributed by atoms with E-state index >= 15 is 0 Å². The Hall–Kier alpha value is -3.19. The third kappa shape index (κ3) is 5.42. The van der Waals surface area contributed by atoms with E-state index in [9.17, 15) is 9.59 Å². The quantitative estimate of drug-likeness (QED) is 0.331. The van der Waals surface area contributed by atoms with Gasteiger partial charge in [0.05, 0.1) is 25.9 Å². The molecule has 0 aromatic heterocycles. The molecule has 196 valence electrons. The van der Waals surface area contributed by atoms with Gasteiger partial charge < -0.3 is 19.5 Å². The highest BCUT2D eigenvalue weighted by Crippen LogP contribution is 2.46. The lowest BCUT2D eigenvalue weighted by atomic mass is 9.71. The van der Waals surface area contributed by atoms with Crippen LogP contribution >= 0.6 is 11.8 Å². The maximum atomic E-state index is 13.8. The molecule has 0 amide bonds. The fraction of sp³-hybridized carbons (Fsp3) is 0.400. The van der Waals surface area contributed by atoms with Crippen LogP contribution in [0.15, 0.2) is 69.9 Å². The normalized spacial score (nSPS) is 20.2. The maximum absolute atomic E-state index is 13.8. The summed E-state index contributed by atoms with van der Waals surface area (Å²) in [5.41, 5.74) is 4.70. The van der Waals surface area contributed by atoms with Gasteiger partial charge in [-0.2, -0.15) is 0 Å². The molecule has 0 spiro atoms. The Bertz CT molecular complexity index is 1250. The topological polar surface area (TPSA) is 73.9 Å². The van der Waals surface area contributed by atoms with Crippen LogP contribution in [0.1, 0.15) is 63.0 Å². The van der Waals surface area contributed by atoms with E-state index in [-0.39, 0.29) is 23.8 Å². The number of methoxy groups -OCH3 is 2. The summed E-state index contributed by atoms with van der Waals surface area (Å²) in [6, 6.07) is 13.9. The van der Waals surface area contributed by atoms with Crippen LogP contribution in [0, 0.1) is 0 Å². The van der Waals surface area contributed by atoms with Crippen LogP contribution in [0.25, 0.3) is 0 Å². The number of carbonyl (C=O) groups excluding carboxylic acids is 2. The van der Waals surface area contributed by atoms with Gasteiger partial charge in [0.15, 0.2) is 17.3 Å². The van der Waals surface area contributed by atoms with Crippen LogP contribution in [0.4, 0.5) is 0 Å². The second kappa shape index (κ2) is 11.5. The van der Waals surface area contributed by atoms with Crippen molar-refractivity contribution in [3.8, 4) is 11.5 Å². The lowest BCUT2D eigenvalue weighted by Gasteiger charge is -2.37. The van der Waals surface area contributed by atoms with Crippen molar-refractivity contribution >= 4 is 23.5 Å². The zero-order chi connectivity index (χ0) is 26.7. The number of dihydropyridines is 1. The van der Waals surface area contributed by atoms with Crippen LogP contribution < -0.4 is 14.8 Å². The Morgan fingerprint density at radius 3 is 2.35 bits per heavy atom. The molecule has 4 rings (SSSR count). The van der Waals surface area contributed by atoms with Gasteiger partial charge in [0.1, 0.15) is 0 Å². The SMILES string of the molecule is CC[C@H](C)OC(=O)C1=C(C)NC2=C(C(=O)C[C@@H](c3ccc(OC)c(OC)c3)C2)[C@H]1c1ccc(SC)cc1. The molecule has 0 fully saturated rings. The van der Waals surface area contributed by atoms with Crippen molar-refractivity contribution in [2.75, 3.05) is 20.5 Å². The number of ether oxygens (including phenoxy) is 3. The van der Waals surface area contributed by atoms with Gasteiger partial charge in [0, 0.05) is 34.2 Å². The summed E-state index contributed by atoms with van der Waals surface area (Å²) in [6.45, 7) is 5.76. The Morgan fingerprint density at radius 2 is 1.73 bits per heavy atom. The minimum Gasteiger partial charge on any atom is -0.493 e. The van der Waals surface area contributed by atoms with Crippen molar-refractivity contribution < 1.29 is 23.8 Å². The maximum Gasteiger partial charge on any atom is 0.337 e. The molecule has 37 heavy (non-hydrogen) atoms. The molecule has 0 bridgehead atoms. The van der Waals surface area contributed by atoms with Crippen molar-refractivity contribution in [1.29, 1.82) is 0 Å². The fourth-order valence-electron chi connectivity index (χ4n) is 5.11. The Morgan fingerprint density at radius 1 is 1.05 bits per heavy atom. The summed E-state index contributed by atoms with van der Waals surface area (Å²) in [5, 5.41) is 3.42. The zero-order valence-electron chi connectivity index (χ0n) is 22.3. The third-order valence-electron chi connectivity index (χ3n) is 7.26. The van der Waals surface area contributed by atoms with E-state index in [0.29, 0.717) is 35.5 Å². The highest BCUT2D eigenvalue weighted by Gasteiger charge is 2.41. The van der Waals surface area contributed by atoms with Crippen molar-refractivity contribution in [2.24, 2.45) is 0 Å². The average Bonchev–Trinajstić information content (AvgIpc) is 2.91. The molecule has 2 aliphatic rings. The molecule has 0 saturated carbocycles. The van der Waals surface area contributed by atoms with E-state index in [4.69, 9.17) is 14.2 Å². The van der Waals surface area contributed by atoms with E-state index in [2.05, 4.69) is 5.32 Å². The third-order valence-corrected chi connectivity index (χ3v) is 8.00. The molecule has 1 N–H and O–H groups in total. The highest BCUT2D eigenvalue weighted by atomic mass is 32.2. The van der Waals surface area contributed by atoms with Crippen LogP contribution in [0.5, 0.6) is 11.5 Å². The summed E-state index contributed by atoms with van der Waals surface area (Å²) in [7, 11) is 3.22. The average molecular weight is 522 g/mol. The smallest absolute Gasteiger partial charge is 0.337 e. The standard InChI is InChI=1S/C30H35NO5S/c1-7-17(2)36-30(33)27-18(3)31-23-14-21(20-10-13-25(34-4)26(16-20)35-5)15-24(32)29(23)28(27)19-8-11-22(37-6)12-9-19/h8-13,16-17,21,28,31H,7,14-15H2,1-6H3/t17-,21-,28-/m0/s1. The van der Waals surface area contributed by atoms with Crippen molar-refractivity contribution in [1.82, 2.24) is 5.32 Å². The minimum absolute atomic E-state index is 0.0144. The van der Waals surface area contributed by atoms with Gasteiger partial charge in [0.25, 0.3) is 0 Å². The van der Waals surface area contributed by atoms with Gasteiger partial charge >= 0.3 is 5.97 Å². The number of nitrogens with one attached hydrogen (secondary N) is 1. The summed E-state index contributed by atoms with van der Waals surface area (Å²) in [5.74, 6) is 0.471. The summed E-state index contributed by atoms with van der Waals surface area (Å²) in [6.07, 6.45) is 3.54. The molecule has 0 radical (unpaired) electrons. The van der Waals surface area contributed by atoms with Crippen LogP contribution in [-0.4, -0.2) is 38.3 Å². The van der Waals surface area contributed by atoms with Crippen molar-refractivity contribution in [3.05, 3.63) is 76.1 Å². The highest BCUT2D eigenvalue weighted by molar-refractivity contribution is 7.98. The second-order valence-electron chi connectivity index (χ2n) is 9.53. The number of Topliss-reactive ketones (excluding diaryl/α,β-unsaturated/α-hetero) is 1.